The van der Waals surface area contributed by atoms with Crippen molar-refractivity contribution in [1.29, 1.82) is 0 Å². The fourth-order valence-electron chi connectivity index (χ4n) is 3.50. The van der Waals surface area contributed by atoms with Crippen molar-refractivity contribution < 1.29 is 22.7 Å². The Bertz CT molecular complexity index is 1060. The number of sulfonamides is 1. The Balaban J connectivity index is 1.43. The lowest BCUT2D eigenvalue weighted by atomic mass is 10.2. The van der Waals surface area contributed by atoms with Gasteiger partial charge in [0.15, 0.2) is 0 Å². The zero-order chi connectivity index (χ0) is 23.8. The quantitative estimate of drug-likeness (QED) is 0.564. The smallest absolute Gasteiger partial charge is 0.242 e. The number of anilines is 1. The highest BCUT2D eigenvalue weighted by molar-refractivity contribution is 7.89. The fourth-order valence-corrected chi connectivity index (χ4v) is 4.48. The number of ether oxygens (including phenoxy) is 1. The summed E-state index contributed by atoms with van der Waals surface area (Å²) in [5.74, 6) is 0.0472. The molecule has 0 spiro atoms. The van der Waals surface area contributed by atoms with E-state index in [4.69, 9.17) is 4.74 Å². The molecule has 9 nitrogen and oxygen atoms in total. The number of nitrogens with zero attached hydrogens (tertiary/aromatic N) is 2. The lowest BCUT2D eigenvalue weighted by Crippen LogP contribution is -2.51. The molecule has 1 aliphatic rings. The van der Waals surface area contributed by atoms with Crippen molar-refractivity contribution in [3.63, 3.8) is 0 Å². The van der Waals surface area contributed by atoms with Crippen molar-refractivity contribution >= 4 is 27.5 Å². The Kier molecular flexibility index (Phi) is 8.29. The topological polar surface area (TPSA) is 108 Å². The first-order valence-corrected chi connectivity index (χ1v) is 12.4. The minimum absolute atomic E-state index is 0.0840. The summed E-state index contributed by atoms with van der Waals surface area (Å²) in [6.07, 6.45) is 0. The maximum atomic E-state index is 12.5. The van der Waals surface area contributed by atoms with Crippen molar-refractivity contribution in [2.24, 2.45) is 0 Å². The molecule has 0 bridgehead atoms. The molecule has 2 amide bonds. The van der Waals surface area contributed by atoms with E-state index in [1.54, 1.807) is 17.0 Å². The van der Waals surface area contributed by atoms with Crippen LogP contribution >= 0.6 is 0 Å². The van der Waals surface area contributed by atoms with Gasteiger partial charge in [-0.1, -0.05) is 29.8 Å². The van der Waals surface area contributed by atoms with Crippen molar-refractivity contribution in [3.05, 3.63) is 54.1 Å². The Labute approximate surface area is 194 Å². The second-order valence-corrected chi connectivity index (χ2v) is 9.45. The molecule has 178 valence electrons. The van der Waals surface area contributed by atoms with E-state index in [0.29, 0.717) is 32.8 Å². The predicted octanol–water partition coefficient (Wildman–Crippen LogP) is 1.14. The van der Waals surface area contributed by atoms with Gasteiger partial charge in [0, 0.05) is 26.2 Å². The number of aryl methyl sites for hydroxylation is 1. The van der Waals surface area contributed by atoms with Crippen molar-refractivity contribution in [3.8, 4) is 5.75 Å². The van der Waals surface area contributed by atoms with E-state index in [9.17, 15) is 18.0 Å². The molecule has 2 aromatic rings. The van der Waals surface area contributed by atoms with Crippen LogP contribution < -0.4 is 19.7 Å². The lowest BCUT2D eigenvalue weighted by Gasteiger charge is -2.36. The molecule has 10 heteroatoms. The van der Waals surface area contributed by atoms with Crippen LogP contribution in [0.2, 0.25) is 0 Å². The number of carbonyl (C=O) groups is 2. The minimum atomic E-state index is -3.79. The Morgan fingerprint density at radius 3 is 2.30 bits per heavy atom. The van der Waals surface area contributed by atoms with Gasteiger partial charge in [-0.3, -0.25) is 9.59 Å². The summed E-state index contributed by atoms with van der Waals surface area (Å²) < 4.78 is 32.5. The zero-order valence-corrected chi connectivity index (χ0v) is 19.7. The van der Waals surface area contributed by atoms with Gasteiger partial charge in [0.25, 0.3) is 0 Å². The van der Waals surface area contributed by atoms with Crippen LogP contribution in [0.25, 0.3) is 0 Å². The first-order chi connectivity index (χ1) is 15.8. The number of hydrogen-bond acceptors (Lipinski definition) is 6. The van der Waals surface area contributed by atoms with Crippen LogP contribution in [0, 0.1) is 6.92 Å². The first-order valence-electron chi connectivity index (χ1n) is 10.9. The molecular formula is C23H30N4O5S. The highest BCUT2D eigenvalue weighted by Gasteiger charge is 2.23. The van der Waals surface area contributed by atoms with Crippen LogP contribution in [0.15, 0.2) is 53.4 Å². The monoisotopic (exact) mass is 474 g/mol. The molecule has 0 radical (unpaired) electrons. The largest absolute Gasteiger partial charge is 0.492 e. The van der Waals surface area contributed by atoms with Gasteiger partial charge in [-0.25, -0.2) is 13.1 Å². The van der Waals surface area contributed by atoms with E-state index in [0.717, 1.165) is 17.0 Å². The van der Waals surface area contributed by atoms with Gasteiger partial charge >= 0.3 is 0 Å². The van der Waals surface area contributed by atoms with E-state index >= 15 is 0 Å². The fraction of sp³-hybridized carbons (Fsp3) is 0.391. The van der Waals surface area contributed by atoms with Crippen LogP contribution in [-0.4, -0.2) is 71.0 Å². The van der Waals surface area contributed by atoms with Crippen molar-refractivity contribution in [2.75, 3.05) is 50.8 Å². The van der Waals surface area contributed by atoms with E-state index in [2.05, 4.69) is 14.9 Å². The second-order valence-electron chi connectivity index (χ2n) is 7.68. The van der Waals surface area contributed by atoms with Gasteiger partial charge in [-0.15, -0.1) is 0 Å². The van der Waals surface area contributed by atoms with E-state index in [1.165, 1.54) is 12.1 Å². The van der Waals surface area contributed by atoms with E-state index in [-0.39, 0.29) is 17.3 Å². The standard InChI is InChI=1S/C23H30N4O5S/c1-3-32-21-7-5-4-6-20(21)26-12-14-27(15-13-26)23(29)17-24-22(28)16-25-33(30,31)19-10-8-18(2)9-11-19/h4-11,25H,3,12-17H2,1-2H3,(H,24,28). The molecule has 0 unspecified atom stereocenters. The molecular weight excluding hydrogens is 444 g/mol. The average molecular weight is 475 g/mol. The number of amides is 2. The van der Waals surface area contributed by atoms with Crippen molar-refractivity contribution in [2.45, 2.75) is 18.7 Å². The van der Waals surface area contributed by atoms with Gasteiger partial charge in [0.2, 0.25) is 21.8 Å². The lowest BCUT2D eigenvalue weighted by molar-refractivity contribution is -0.132. The van der Waals surface area contributed by atoms with E-state index < -0.39 is 22.5 Å². The Morgan fingerprint density at radius 1 is 0.970 bits per heavy atom. The number of hydrogen-bond donors (Lipinski definition) is 2. The highest BCUT2D eigenvalue weighted by atomic mass is 32.2. The molecule has 1 fully saturated rings. The third-order valence-electron chi connectivity index (χ3n) is 5.33. The number of nitrogens with one attached hydrogen (secondary N) is 2. The molecule has 33 heavy (non-hydrogen) atoms. The van der Waals surface area contributed by atoms with Crippen molar-refractivity contribution in [1.82, 2.24) is 14.9 Å². The Hall–Kier alpha value is -3.11. The SMILES string of the molecule is CCOc1ccccc1N1CCN(C(=O)CNC(=O)CNS(=O)(=O)c2ccc(C)cc2)CC1. The van der Waals surface area contributed by atoms with Gasteiger partial charge in [0.05, 0.1) is 30.3 Å². The summed E-state index contributed by atoms with van der Waals surface area (Å²) in [4.78, 5) is 28.5. The summed E-state index contributed by atoms with van der Waals surface area (Å²) >= 11 is 0. The highest BCUT2D eigenvalue weighted by Crippen LogP contribution is 2.28. The second kappa shape index (κ2) is 11.2. The maximum absolute atomic E-state index is 12.5. The molecule has 1 aliphatic heterocycles. The molecule has 2 aromatic carbocycles. The normalized spacial score (nSPS) is 14.1. The first kappa shape index (κ1) is 24.5. The number of benzene rings is 2. The third kappa shape index (κ3) is 6.69. The number of carbonyl (C=O) groups excluding carboxylic acids is 2. The zero-order valence-electron chi connectivity index (χ0n) is 18.9. The average Bonchev–Trinajstić information content (AvgIpc) is 2.82. The van der Waals surface area contributed by atoms with Crippen LogP contribution in [0.1, 0.15) is 12.5 Å². The molecule has 0 saturated carbocycles. The number of rotatable bonds is 9. The molecule has 0 aliphatic carbocycles. The molecule has 3 rings (SSSR count). The minimum Gasteiger partial charge on any atom is -0.492 e. The van der Waals surface area contributed by atoms with Crippen LogP contribution in [0.3, 0.4) is 0 Å². The summed E-state index contributed by atoms with van der Waals surface area (Å²) in [5.41, 5.74) is 1.94. The summed E-state index contributed by atoms with van der Waals surface area (Å²) in [6.45, 7) is 6.11. The third-order valence-corrected chi connectivity index (χ3v) is 6.75. The number of para-hydroxylation sites is 2. The van der Waals surface area contributed by atoms with Crippen LogP contribution in [0.4, 0.5) is 5.69 Å². The maximum Gasteiger partial charge on any atom is 0.242 e. The van der Waals surface area contributed by atoms with E-state index in [1.807, 2.05) is 38.1 Å². The Morgan fingerprint density at radius 2 is 1.64 bits per heavy atom. The molecule has 1 heterocycles. The summed E-state index contributed by atoms with van der Waals surface area (Å²) in [7, 11) is -3.79. The molecule has 0 atom stereocenters. The number of piperazine rings is 1. The van der Waals surface area contributed by atoms with Crippen LogP contribution in [-0.2, 0) is 19.6 Å². The molecule has 0 aromatic heterocycles. The van der Waals surface area contributed by atoms with Gasteiger partial charge < -0.3 is 19.9 Å². The summed E-state index contributed by atoms with van der Waals surface area (Å²) in [5, 5.41) is 2.49. The predicted molar refractivity (Wildman–Crippen MR) is 126 cm³/mol. The summed E-state index contributed by atoms with van der Waals surface area (Å²) in [6, 6.07) is 14.1. The van der Waals surface area contributed by atoms with Crippen LogP contribution in [0.5, 0.6) is 5.75 Å². The van der Waals surface area contributed by atoms with Gasteiger partial charge in [-0.05, 0) is 38.1 Å². The molecule has 1 saturated heterocycles. The van der Waals surface area contributed by atoms with Gasteiger partial charge in [0.1, 0.15) is 5.75 Å². The molecule has 2 N–H and O–H groups in total. The van der Waals surface area contributed by atoms with Gasteiger partial charge in [-0.2, -0.15) is 0 Å².